The summed E-state index contributed by atoms with van der Waals surface area (Å²) in [6.07, 6.45) is 2.65. The van der Waals surface area contributed by atoms with Gasteiger partial charge in [-0.3, -0.25) is 0 Å². The Kier molecular flexibility index (Phi) is 2.49. The van der Waals surface area contributed by atoms with Crippen LogP contribution in [0.1, 0.15) is 24.0 Å². The zero-order chi connectivity index (χ0) is 11.9. The third kappa shape index (κ3) is 1.51. The molecule has 1 saturated carbocycles. The molecule has 1 N–H and O–H groups in total. The van der Waals surface area contributed by atoms with Gasteiger partial charge < -0.3 is 5.11 Å². The number of aliphatic imine (C=N–C) groups is 1. The van der Waals surface area contributed by atoms with Crippen LogP contribution in [0.2, 0.25) is 5.02 Å². The summed E-state index contributed by atoms with van der Waals surface area (Å²) in [6, 6.07) is 1.05. The molecule has 0 bridgehead atoms. The van der Waals surface area contributed by atoms with Crippen LogP contribution >= 0.6 is 11.6 Å². The Hall–Kier alpha value is -1.38. The zero-order valence-corrected chi connectivity index (χ0v) is 9.31. The molecule has 3 nitrogen and oxygen atoms in total. The van der Waals surface area contributed by atoms with Gasteiger partial charge in [-0.1, -0.05) is 11.6 Å². The summed E-state index contributed by atoms with van der Waals surface area (Å²) < 4.78 is 13.5. The van der Waals surface area contributed by atoms with Gasteiger partial charge in [0.15, 0.2) is 0 Å². The van der Waals surface area contributed by atoms with Crippen molar-refractivity contribution in [2.24, 2.45) is 4.99 Å². The summed E-state index contributed by atoms with van der Waals surface area (Å²) in [6.45, 7) is 1.53. The number of isocyanates is 1. The fraction of sp³-hybridized carbons (Fsp3) is 0.364. The summed E-state index contributed by atoms with van der Waals surface area (Å²) in [5.74, 6) is -0.706. The highest BCUT2D eigenvalue weighted by molar-refractivity contribution is 6.32. The van der Waals surface area contributed by atoms with Crippen molar-refractivity contribution in [1.29, 1.82) is 0 Å². The number of benzene rings is 1. The van der Waals surface area contributed by atoms with Gasteiger partial charge in [0.05, 0.1) is 5.02 Å². The second-order valence-corrected chi connectivity index (χ2v) is 4.33. The molecule has 0 atom stereocenters. The van der Waals surface area contributed by atoms with Gasteiger partial charge in [-0.2, -0.15) is 4.99 Å². The smallest absolute Gasteiger partial charge is 0.235 e. The van der Waals surface area contributed by atoms with Crippen LogP contribution < -0.4 is 0 Å². The van der Waals surface area contributed by atoms with E-state index in [1.807, 2.05) is 0 Å². The monoisotopic (exact) mass is 241 g/mol. The second kappa shape index (κ2) is 3.58. The van der Waals surface area contributed by atoms with Crippen LogP contribution in [0.25, 0.3) is 0 Å². The average Bonchev–Trinajstić information content (AvgIpc) is 2.97. The largest absolute Gasteiger partial charge is 0.506 e. The van der Waals surface area contributed by atoms with E-state index in [-0.39, 0.29) is 16.3 Å². The first-order valence-electron chi connectivity index (χ1n) is 4.79. The fourth-order valence-electron chi connectivity index (χ4n) is 1.90. The standard InChI is InChI=1S/C11H9ClFNO2/c1-6-8(13)4-7(12)10(16)9(6)11(2-3-11)14-5-15/h4,16H,2-3H2,1H3. The molecule has 1 aliphatic carbocycles. The normalized spacial score (nSPS) is 16.7. The maximum Gasteiger partial charge on any atom is 0.235 e. The second-order valence-electron chi connectivity index (χ2n) is 3.92. The summed E-state index contributed by atoms with van der Waals surface area (Å²) >= 11 is 5.69. The molecule has 84 valence electrons. The quantitative estimate of drug-likeness (QED) is 0.639. The van der Waals surface area contributed by atoms with Gasteiger partial charge in [0.25, 0.3) is 0 Å². The molecule has 0 aromatic heterocycles. The maximum absolute atomic E-state index is 13.5. The van der Waals surface area contributed by atoms with Gasteiger partial charge in [-0.25, -0.2) is 9.18 Å². The first-order chi connectivity index (χ1) is 7.52. The lowest BCUT2D eigenvalue weighted by molar-refractivity contribution is 0.454. The van der Waals surface area contributed by atoms with Crippen molar-refractivity contribution in [3.63, 3.8) is 0 Å². The van der Waals surface area contributed by atoms with Gasteiger partial charge in [0.1, 0.15) is 17.1 Å². The van der Waals surface area contributed by atoms with Crippen LogP contribution in [0.15, 0.2) is 11.1 Å². The zero-order valence-electron chi connectivity index (χ0n) is 8.55. The molecule has 16 heavy (non-hydrogen) atoms. The number of hydrogen-bond donors (Lipinski definition) is 1. The third-order valence-electron chi connectivity index (χ3n) is 2.90. The molecule has 5 heteroatoms. The van der Waals surface area contributed by atoms with Crippen molar-refractivity contribution in [3.8, 4) is 5.75 Å². The lowest BCUT2D eigenvalue weighted by Gasteiger charge is -2.15. The van der Waals surface area contributed by atoms with Gasteiger partial charge >= 0.3 is 0 Å². The topological polar surface area (TPSA) is 49.7 Å². The maximum atomic E-state index is 13.5. The van der Waals surface area contributed by atoms with Gasteiger partial charge in [-0.15, -0.1) is 0 Å². The minimum absolute atomic E-state index is 0.0644. The summed E-state index contributed by atoms with van der Waals surface area (Å²) in [5, 5.41) is 9.75. The van der Waals surface area contributed by atoms with Crippen LogP contribution in [0.4, 0.5) is 4.39 Å². The van der Waals surface area contributed by atoms with Crippen LogP contribution in [0.3, 0.4) is 0 Å². The lowest BCUT2D eigenvalue weighted by Crippen LogP contribution is -2.07. The Morgan fingerprint density at radius 3 is 2.75 bits per heavy atom. The van der Waals surface area contributed by atoms with E-state index < -0.39 is 11.4 Å². The Labute approximate surface area is 96.6 Å². The van der Waals surface area contributed by atoms with Crippen LogP contribution in [-0.4, -0.2) is 11.2 Å². The van der Waals surface area contributed by atoms with E-state index in [0.29, 0.717) is 18.4 Å². The Morgan fingerprint density at radius 1 is 1.62 bits per heavy atom. The Bertz CT molecular complexity index is 479. The van der Waals surface area contributed by atoms with Crippen LogP contribution in [-0.2, 0) is 10.3 Å². The molecule has 0 unspecified atom stereocenters. The number of aromatic hydroxyl groups is 1. The van der Waals surface area contributed by atoms with Gasteiger partial charge in [-0.05, 0) is 31.4 Å². The molecule has 0 spiro atoms. The van der Waals surface area contributed by atoms with E-state index in [2.05, 4.69) is 4.99 Å². The van der Waals surface area contributed by atoms with E-state index in [9.17, 15) is 14.3 Å². The highest BCUT2D eigenvalue weighted by Crippen LogP contribution is 2.54. The number of hydrogen-bond acceptors (Lipinski definition) is 3. The van der Waals surface area contributed by atoms with Crippen molar-refractivity contribution >= 4 is 17.7 Å². The molecular formula is C11H9ClFNO2. The number of phenolic OH excluding ortho intramolecular Hbond substituents is 1. The average molecular weight is 242 g/mol. The molecule has 2 rings (SSSR count). The number of phenols is 1. The lowest BCUT2D eigenvalue weighted by atomic mass is 9.98. The number of nitrogens with zero attached hydrogens (tertiary/aromatic N) is 1. The van der Waals surface area contributed by atoms with Crippen molar-refractivity contribution in [1.82, 2.24) is 0 Å². The Balaban J connectivity index is 2.69. The highest BCUT2D eigenvalue weighted by Gasteiger charge is 2.48. The SMILES string of the molecule is Cc1c(F)cc(Cl)c(O)c1C1(N=C=O)CC1. The van der Waals surface area contributed by atoms with E-state index in [4.69, 9.17) is 11.6 Å². The van der Waals surface area contributed by atoms with E-state index in [1.165, 1.54) is 13.0 Å². The summed E-state index contributed by atoms with van der Waals surface area (Å²) in [5.41, 5.74) is -0.235. The van der Waals surface area contributed by atoms with E-state index in [1.54, 1.807) is 0 Å². The number of halogens is 2. The molecule has 0 heterocycles. The van der Waals surface area contributed by atoms with Crippen molar-refractivity contribution in [3.05, 3.63) is 28.0 Å². The first-order valence-corrected chi connectivity index (χ1v) is 5.17. The molecule has 1 aromatic rings. The van der Waals surface area contributed by atoms with Crippen LogP contribution in [0.5, 0.6) is 5.75 Å². The first kappa shape index (κ1) is 11.1. The Morgan fingerprint density at radius 2 is 2.25 bits per heavy atom. The third-order valence-corrected chi connectivity index (χ3v) is 3.19. The fourth-order valence-corrected chi connectivity index (χ4v) is 2.09. The molecule has 1 aromatic carbocycles. The minimum atomic E-state index is -0.818. The molecule has 0 amide bonds. The molecule has 1 fully saturated rings. The van der Waals surface area contributed by atoms with E-state index >= 15 is 0 Å². The van der Waals surface area contributed by atoms with Crippen molar-refractivity contribution in [2.75, 3.05) is 0 Å². The molecule has 0 radical (unpaired) electrons. The number of rotatable bonds is 2. The van der Waals surface area contributed by atoms with Crippen molar-refractivity contribution in [2.45, 2.75) is 25.3 Å². The molecular weight excluding hydrogens is 233 g/mol. The number of carbonyl (C=O) groups excluding carboxylic acids is 1. The molecule has 1 aliphatic rings. The highest BCUT2D eigenvalue weighted by atomic mass is 35.5. The molecule has 0 saturated heterocycles. The summed E-state index contributed by atoms with van der Waals surface area (Å²) in [4.78, 5) is 14.0. The predicted octanol–water partition coefficient (Wildman–Crippen LogP) is 2.82. The van der Waals surface area contributed by atoms with Gasteiger partial charge in [0.2, 0.25) is 6.08 Å². The minimum Gasteiger partial charge on any atom is -0.506 e. The summed E-state index contributed by atoms with van der Waals surface area (Å²) in [7, 11) is 0. The predicted molar refractivity (Wildman–Crippen MR) is 56.8 cm³/mol. The van der Waals surface area contributed by atoms with Crippen LogP contribution in [0, 0.1) is 12.7 Å². The van der Waals surface area contributed by atoms with Crippen molar-refractivity contribution < 1.29 is 14.3 Å². The van der Waals surface area contributed by atoms with E-state index in [0.717, 1.165) is 6.07 Å². The molecule has 0 aliphatic heterocycles. The van der Waals surface area contributed by atoms with Gasteiger partial charge in [0, 0.05) is 5.56 Å².